The number of aryl methyl sites for hydroxylation is 1. The lowest BCUT2D eigenvalue weighted by Gasteiger charge is -2.25. The summed E-state index contributed by atoms with van der Waals surface area (Å²) in [7, 11) is 0. The average molecular weight is 408 g/mol. The van der Waals surface area contributed by atoms with Crippen LogP contribution in [0, 0.1) is 5.92 Å². The molecule has 0 amide bonds. The van der Waals surface area contributed by atoms with E-state index in [9.17, 15) is 0 Å². The fraction of sp³-hybridized carbons (Fsp3) is 0.769. The first-order valence-corrected chi connectivity index (χ1v) is 7.25. The molecule has 120 valence electrons. The van der Waals surface area contributed by atoms with Crippen LogP contribution < -0.4 is 10.6 Å². The van der Waals surface area contributed by atoms with E-state index >= 15 is 0 Å². The Morgan fingerprint density at radius 2 is 2.43 bits per heavy atom. The van der Waals surface area contributed by atoms with Crippen LogP contribution in [0.4, 0.5) is 0 Å². The number of nitrogens with one attached hydrogen (secondary N) is 2. The molecule has 1 aliphatic rings. The molecular weight excluding hydrogens is 383 g/mol. The predicted octanol–water partition coefficient (Wildman–Crippen LogP) is 0.394. The zero-order valence-electron chi connectivity index (χ0n) is 12.6. The second kappa shape index (κ2) is 9.19. The number of aromatic nitrogens is 3. The summed E-state index contributed by atoms with van der Waals surface area (Å²) in [5, 5.41) is 20.0. The SMILES string of the molecule is CCNC(=NCC(C)CO)NC1CCc2ncnn2C1.I. The zero-order valence-corrected chi connectivity index (χ0v) is 14.9. The number of halogens is 1. The Morgan fingerprint density at radius 3 is 3.14 bits per heavy atom. The molecule has 7 nitrogen and oxygen atoms in total. The molecule has 2 heterocycles. The second-order valence-corrected chi connectivity index (χ2v) is 5.25. The van der Waals surface area contributed by atoms with E-state index < -0.39 is 0 Å². The lowest BCUT2D eigenvalue weighted by Crippen LogP contribution is -2.47. The Kier molecular flexibility index (Phi) is 7.94. The monoisotopic (exact) mass is 408 g/mol. The summed E-state index contributed by atoms with van der Waals surface area (Å²) < 4.78 is 1.95. The molecule has 0 saturated heterocycles. The number of nitrogens with zero attached hydrogens (tertiary/aromatic N) is 4. The maximum absolute atomic E-state index is 9.06. The molecule has 21 heavy (non-hydrogen) atoms. The van der Waals surface area contributed by atoms with E-state index in [1.54, 1.807) is 6.33 Å². The van der Waals surface area contributed by atoms with E-state index in [2.05, 4.69) is 25.7 Å². The lowest BCUT2D eigenvalue weighted by atomic mass is 10.1. The highest BCUT2D eigenvalue weighted by molar-refractivity contribution is 14.0. The first kappa shape index (κ1) is 18.1. The van der Waals surface area contributed by atoms with Crippen LogP contribution in [-0.2, 0) is 13.0 Å². The Balaban J connectivity index is 0.00000220. The van der Waals surface area contributed by atoms with Gasteiger partial charge in [0.15, 0.2) is 5.96 Å². The van der Waals surface area contributed by atoms with Crippen molar-refractivity contribution in [2.45, 2.75) is 39.3 Å². The Bertz CT molecular complexity index is 450. The van der Waals surface area contributed by atoms with Crippen molar-refractivity contribution in [3.05, 3.63) is 12.2 Å². The fourth-order valence-corrected chi connectivity index (χ4v) is 2.17. The quantitative estimate of drug-likeness (QED) is 0.373. The molecule has 1 aromatic heterocycles. The summed E-state index contributed by atoms with van der Waals surface area (Å²) in [5.41, 5.74) is 0. The van der Waals surface area contributed by atoms with Gasteiger partial charge in [-0.15, -0.1) is 24.0 Å². The molecule has 0 aliphatic carbocycles. The van der Waals surface area contributed by atoms with Crippen molar-refractivity contribution in [3.8, 4) is 0 Å². The molecule has 0 bridgehead atoms. The van der Waals surface area contributed by atoms with Crippen LogP contribution in [0.1, 0.15) is 26.1 Å². The van der Waals surface area contributed by atoms with Crippen molar-refractivity contribution in [1.82, 2.24) is 25.4 Å². The predicted molar refractivity (Wildman–Crippen MR) is 92.9 cm³/mol. The van der Waals surface area contributed by atoms with Gasteiger partial charge in [-0.1, -0.05) is 6.92 Å². The molecule has 2 rings (SSSR count). The minimum absolute atomic E-state index is 0. The van der Waals surface area contributed by atoms with Crippen LogP contribution >= 0.6 is 24.0 Å². The van der Waals surface area contributed by atoms with Gasteiger partial charge in [0.1, 0.15) is 12.2 Å². The van der Waals surface area contributed by atoms with E-state index in [1.165, 1.54) is 0 Å². The molecule has 1 aromatic rings. The van der Waals surface area contributed by atoms with Crippen LogP contribution in [-0.4, -0.2) is 51.6 Å². The summed E-state index contributed by atoms with van der Waals surface area (Å²) >= 11 is 0. The van der Waals surface area contributed by atoms with E-state index in [0.29, 0.717) is 12.6 Å². The molecule has 0 radical (unpaired) electrons. The van der Waals surface area contributed by atoms with Crippen LogP contribution in [0.2, 0.25) is 0 Å². The summed E-state index contributed by atoms with van der Waals surface area (Å²) in [5.74, 6) is 2.04. The second-order valence-electron chi connectivity index (χ2n) is 5.25. The van der Waals surface area contributed by atoms with E-state index in [-0.39, 0.29) is 36.5 Å². The van der Waals surface area contributed by atoms with Crippen molar-refractivity contribution >= 4 is 29.9 Å². The number of hydrogen-bond donors (Lipinski definition) is 3. The van der Waals surface area contributed by atoms with Gasteiger partial charge in [-0.25, -0.2) is 9.67 Å². The van der Waals surface area contributed by atoms with Crippen LogP contribution in [0.25, 0.3) is 0 Å². The molecule has 0 spiro atoms. The first-order valence-electron chi connectivity index (χ1n) is 7.25. The smallest absolute Gasteiger partial charge is 0.191 e. The Hall–Kier alpha value is -0.900. The number of guanidine groups is 1. The van der Waals surface area contributed by atoms with Gasteiger partial charge >= 0.3 is 0 Å². The molecule has 3 N–H and O–H groups in total. The van der Waals surface area contributed by atoms with Crippen molar-refractivity contribution in [3.63, 3.8) is 0 Å². The van der Waals surface area contributed by atoms with Gasteiger partial charge in [0.25, 0.3) is 0 Å². The van der Waals surface area contributed by atoms with Crippen molar-refractivity contribution in [1.29, 1.82) is 0 Å². The van der Waals surface area contributed by atoms with Crippen LogP contribution in [0.5, 0.6) is 0 Å². The summed E-state index contributed by atoms with van der Waals surface area (Å²) in [6.45, 7) is 6.44. The van der Waals surface area contributed by atoms with E-state index in [4.69, 9.17) is 5.11 Å². The maximum Gasteiger partial charge on any atom is 0.191 e. The Labute approximate surface area is 142 Å². The highest BCUT2D eigenvalue weighted by atomic mass is 127. The summed E-state index contributed by atoms with van der Waals surface area (Å²) in [6.07, 6.45) is 3.57. The zero-order chi connectivity index (χ0) is 14.4. The molecule has 0 saturated carbocycles. The van der Waals surface area contributed by atoms with E-state index in [1.807, 2.05) is 18.5 Å². The lowest BCUT2D eigenvalue weighted by molar-refractivity contribution is 0.241. The molecule has 2 atom stereocenters. The van der Waals surface area contributed by atoms with Gasteiger partial charge in [0.2, 0.25) is 0 Å². The Morgan fingerprint density at radius 1 is 1.62 bits per heavy atom. The third-order valence-electron chi connectivity index (χ3n) is 3.36. The standard InChI is InChI=1S/C13H24N6O.HI/c1-3-14-13(15-6-10(2)8-20)18-11-4-5-12-16-9-17-19(12)7-11;/h9-11,20H,3-8H2,1-2H3,(H2,14,15,18);1H. The average Bonchev–Trinajstić information content (AvgIpc) is 2.92. The molecular formula is C13H25IN6O. The van der Waals surface area contributed by atoms with Crippen molar-refractivity contribution in [2.75, 3.05) is 19.7 Å². The molecule has 8 heteroatoms. The normalized spacial score (nSPS) is 19.4. The summed E-state index contributed by atoms with van der Waals surface area (Å²) in [4.78, 5) is 8.74. The molecule has 0 aromatic carbocycles. The van der Waals surface area contributed by atoms with Gasteiger partial charge < -0.3 is 15.7 Å². The number of hydrogen-bond acceptors (Lipinski definition) is 4. The van der Waals surface area contributed by atoms with Crippen LogP contribution in [0.15, 0.2) is 11.3 Å². The highest BCUT2D eigenvalue weighted by Gasteiger charge is 2.20. The highest BCUT2D eigenvalue weighted by Crippen LogP contribution is 2.11. The van der Waals surface area contributed by atoms with Gasteiger partial charge in [-0.2, -0.15) is 5.10 Å². The van der Waals surface area contributed by atoms with Gasteiger partial charge in [-0.05, 0) is 19.3 Å². The van der Waals surface area contributed by atoms with Gasteiger partial charge in [0.05, 0.1) is 6.54 Å². The largest absolute Gasteiger partial charge is 0.396 e. The van der Waals surface area contributed by atoms with E-state index in [0.717, 1.165) is 37.7 Å². The maximum atomic E-state index is 9.06. The number of aliphatic imine (C=N–C) groups is 1. The number of fused-ring (bicyclic) bond motifs is 1. The third kappa shape index (κ3) is 5.42. The van der Waals surface area contributed by atoms with Gasteiger partial charge in [0, 0.05) is 32.2 Å². The molecule has 2 unspecified atom stereocenters. The van der Waals surface area contributed by atoms with Crippen LogP contribution in [0.3, 0.4) is 0 Å². The van der Waals surface area contributed by atoms with Crippen molar-refractivity contribution in [2.24, 2.45) is 10.9 Å². The summed E-state index contributed by atoms with van der Waals surface area (Å²) in [6, 6.07) is 0.312. The minimum atomic E-state index is 0. The first-order chi connectivity index (χ1) is 9.72. The van der Waals surface area contributed by atoms with Crippen molar-refractivity contribution < 1.29 is 5.11 Å². The fourth-order valence-electron chi connectivity index (χ4n) is 2.17. The third-order valence-corrected chi connectivity index (χ3v) is 3.36. The van der Waals surface area contributed by atoms with Gasteiger partial charge in [-0.3, -0.25) is 4.99 Å². The minimum Gasteiger partial charge on any atom is -0.396 e. The number of aliphatic hydroxyl groups excluding tert-OH is 1. The number of rotatable bonds is 5. The number of aliphatic hydroxyl groups is 1. The topological polar surface area (TPSA) is 87.4 Å². The molecule has 0 fully saturated rings. The molecule has 1 aliphatic heterocycles.